The van der Waals surface area contributed by atoms with Crippen LogP contribution in [0.3, 0.4) is 0 Å². The molecule has 0 aliphatic carbocycles. The number of nitrogens with zero attached hydrogens (tertiary/aromatic N) is 1. The molecule has 3 aromatic carbocycles. The summed E-state index contributed by atoms with van der Waals surface area (Å²) in [6.45, 7) is 0. The first-order valence-electron chi connectivity index (χ1n) is 7.50. The van der Waals surface area contributed by atoms with E-state index in [0.29, 0.717) is 10.9 Å². The van der Waals surface area contributed by atoms with Crippen LogP contribution in [0.5, 0.6) is 5.75 Å². The van der Waals surface area contributed by atoms with Crippen molar-refractivity contribution in [3.8, 4) is 5.75 Å². The highest BCUT2D eigenvalue weighted by Gasteiger charge is 2.19. The summed E-state index contributed by atoms with van der Waals surface area (Å²) < 4.78 is 32.5. The second-order valence-corrected chi connectivity index (χ2v) is 6.91. The van der Waals surface area contributed by atoms with E-state index < -0.39 is 27.9 Å². The van der Waals surface area contributed by atoms with Crippen LogP contribution in [-0.4, -0.2) is 41.5 Å². The smallest absolute Gasteiger partial charge is 0.489 e. The average molecular weight is 371 g/mol. The highest BCUT2D eigenvalue weighted by atomic mass is 32.2. The fourth-order valence-electron chi connectivity index (χ4n) is 2.66. The van der Waals surface area contributed by atoms with Crippen LogP contribution in [0.25, 0.3) is 10.8 Å². The van der Waals surface area contributed by atoms with Gasteiger partial charge in [-0.2, -0.15) is 8.42 Å². The van der Waals surface area contributed by atoms with Gasteiger partial charge in [0.2, 0.25) is 0 Å². The molecular weight excluding hydrogens is 357 g/mol. The summed E-state index contributed by atoms with van der Waals surface area (Å²) >= 11 is 0. The van der Waals surface area contributed by atoms with Crippen LogP contribution in [-0.2, 0) is 10.1 Å². The first-order chi connectivity index (χ1) is 12.3. The van der Waals surface area contributed by atoms with Crippen molar-refractivity contribution in [3.05, 3.63) is 60.2 Å². The number of hydrogen-bond donors (Lipinski definition) is 4. The molecule has 3 aromatic rings. The number of fused-ring (bicyclic) bond motifs is 1. The summed E-state index contributed by atoms with van der Waals surface area (Å²) in [5.41, 5.74) is 0.745. The summed E-state index contributed by atoms with van der Waals surface area (Å²) in [5, 5.41) is 29.6. The minimum atomic E-state index is -4.53. The maximum atomic E-state index is 11.6. The lowest BCUT2D eigenvalue weighted by Crippen LogP contribution is -2.32. The third-order valence-corrected chi connectivity index (χ3v) is 4.74. The van der Waals surface area contributed by atoms with Crippen molar-refractivity contribution in [2.24, 2.45) is 4.99 Å². The predicted octanol–water partition coefficient (Wildman–Crippen LogP) is 1.22. The zero-order valence-electron chi connectivity index (χ0n) is 13.3. The first kappa shape index (κ1) is 18.1. The average Bonchev–Trinajstić information content (AvgIpc) is 2.59. The molecule has 132 valence electrons. The standard InChI is InChI=1S/C17H14BNO6S/c20-15-9-16(26(23,24)25)12-6-2-3-7-13(12)17(15)19-10-11-5-1-4-8-14(11)18(21)22/h1-10,20-22H,(H,23,24,25). The highest BCUT2D eigenvalue weighted by molar-refractivity contribution is 7.86. The SMILES string of the molecule is O=S(=O)(O)c1cc(O)c(N=Cc2ccccc2B(O)O)c2ccccc12. The highest BCUT2D eigenvalue weighted by Crippen LogP contribution is 2.38. The molecule has 7 nitrogen and oxygen atoms in total. The molecule has 0 fully saturated rings. The van der Waals surface area contributed by atoms with Crippen molar-refractivity contribution >= 4 is 45.4 Å². The lowest BCUT2D eigenvalue weighted by molar-refractivity contribution is 0.425. The largest absolute Gasteiger partial charge is 0.506 e. The number of benzene rings is 3. The van der Waals surface area contributed by atoms with Crippen molar-refractivity contribution in [3.63, 3.8) is 0 Å². The summed E-state index contributed by atoms with van der Waals surface area (Å²) in [5.74, 6) is -0.436. The Bertz CT molecular complexity index is 1110. The van der Waals surface area contributed by atoms with Crippen LogP contribution in [0.1, 0.15) is 5.56 Å². The molecule has 0 saturated carbocycles. The van der Waals surface area contributed by atoms with Crippen LogP contribution in [0.4, 0.5) is 5.69 Å². The Morgan fingerprint density at radius 2 is 1.58 bits per heavy atom. The molecule has 0 aliphatic heterocycles. The van der Waals surface area contributed by atoms with E-state index in [1.54, 1.807) is 36.4 Å². The molecule has 0 aromatic heterocycles. The molecule has 0 bridgehead atoms. The molecule has 0 radical (unpaired) electrons. The van der Waals surface area contributed by atoms with Crippen LogP contribution >= 0.6 is 0 Å². The number of hydrogen-bond acceptors (Lipinski definition) is 6. The van der Waals surface area contributed by atoms with Crippen LogP contribution in [0.15, 0.2) is 64.5 Å². The van der Waals surface area contributed by atoms with Gasteiger partial charge in [0, 0.05) is 23.1 Å². The van der Waals surface area contributed by atoms with Crippen LogP contribution in [0.2, 0.25) is 0 Å². The summed E-state index contributed by atoms with van der Waals surface area (Å²) in [6, 6.07) is 13.7. The number of phenols is 1. The molecule has 3 rings (SSSR count). The monoisotopic (exact) mass is 371 g/mol. The van der Waals surface area contributed by atoms with Gasteiger partial charge in [0.25, 0.3) is 10.1 Å². The quantitative estimate of drug-likeness (QED) is 0.310. The van der Waals surface area contributed by atoms with Gasteiger partial charge in [-0.1, -0.05) is 48.5 Å². The lowest BCUT2D eigenvalue weighted by atomic mass is 9.77. The molecule has 0 aliphatic rings. The van der Waals surface area contributed by atoms with E-state index in [9.17, 15) is 28.1 Å². The Balaban J connectivity index is 2.20. The maximum absolute atomic E-state index is 11.6. The fraction of sp³-hybridized carbons (Fsp3) is 0. The lowest BCUT2D eigenvalue weighted by Gasteiger charge is -2.09. The maximum Gasteiger partial charge on any atom is 0.489 e. The Hall–Kier alpha value is -2.72. The third kappa shape index (κ3) is 3.46. The Morgan fingerprint density at radius 1 is 0.962 bits per heavy atom. The van der Waals surface area contributed by atoms with Crippen LogP contribution in [0, 0.1) is 0 Å². The fourth-order valence-corrected chi connectivity index (χ4v) is 3.38. The van der Waals surface area contributed by atoms with Crippen molar-refractivity contribution in [2.75, 3.05) is 0 Å². The third-order valence-electron chi connectivity index (χ3n) is 3.84. The van der Waals surface area contributed by atoms with Gasteiger partial charge in [-0.05, 0) is 11.0 Å². The van der Waals surface area contributed by atoms with E-state index in [0.717, 1.165) is 6.07 Å². The molecule has 0 amide bonds. The number of phenolic OH excluding ortho intramolecular Hbond substituents is 1. The van der Waals surface area contributed by atoms with Crippen molar-refractivity contribution in [2.45, 2.75) is 4.90 Å². The van der Waals surface area contributed by atoms with Gasteiger partial charge in [-0.3, -0.25) is 9.55 Å². The molecule has 4 N–H and O–H groups in total. The van der Waals surface area contributed by atoms with Gasteiger partial charge in [-0.15, -0.1) is 0 Å². The zero-order chi connectivity index (χ0) is 18.9. The Morgan fingerprint density at radius 3 is 2.23 bits per heavy atom. The number of aromatic hydroxyl groups is 1. The minimum Gasteiger partial charge on any atom is -0.506 e. The Labute approximate surface area is 149 Å². The number of rotatable bonds is 4. The molecule has 26 heavy (non-hydrogen) atoms. The molecule has 0 saturated heterocycles. The predicted molar refractivity (Wildman–Crippen MR) is 98.9 cm³/mol. The molecule has 9 heteroatoms. The van der Waals surface area contributed by atoms with E-state index in [2.05, 4.69) is 4.99 Å². The van der Waals surface area contributed by atoms with Crippen LogP contribution < -0.4 is 5.46 Å². The summed E-state index contributed by atoms with van der Waals surface area (Å²) in [7, 11) is -6.22. The normalized spacial score (nSPS) is 12.0. The number of aliphatic imine (C=N–C) groups is 1. The van der Waals surface area contributed by atoms with Gasteiger partial charge in [0.05, 0.1) is 0 Å². The van der Waals surface area contributed by atoms with Gasteiger partial charge >= 0.3 is 7.12 Å². The Kier molecular flexibility index (Phi) is 4.79. The van der Waals surface area contributed by atoms with E-state index >= 15 is 0 Å². The van der Waals surface area contributed by atoms with E-state index in [1.807, 2.05) is 0 Å². The van der Waals surface area contributed by atoms with Gasteiger partial charge in [0.15, 0.2) is 0 Å². The minimum absolute atomic E-state index is 0.0928. The van der Waals surface area contributed by atoms with E-state index in [1.165, 1.54) is 18.3 Å². The van der Waals surface area contributed by atoms with E-state index in [4.69, 9.17) is 0 Å². The first-order valence-corrected chi connectivity index (χ1v) is 8.94. The summed E-state index contributed by atoms with van der Waals surface area (Å²) in [6.07, 6.45) is 1.34. The van der Waals surface area contributed by atoms with Gasteiger partial charge in [0.1, 0.15) is 16.3 Å². The second-order valence-electron chi connectivity index (χ2n) is 5.52. The molecular formula is C17H14BNO6S. The van der Waals surface area contributed by atoms with Crippen molar-refractivity contribution in [1.82, 2.24) is 0 Å². The molecule has 0 spiro atoms. The van der Waals surface area contributed by atoms with Gasteiger partial charge < -0.3 is 15.2 Å². The molecule has 0 heterocycles. The molecule has 0 unspecified atom stereocenters. The van der Waals surface area contributed by atoms with Crippen molar-refractivity contribution < 1.29 is 28.1 Å². The molecule has 0 atom stereocenters. The van der Waals surface area contributed by atoms with Crippen molar-refractivity contribution in [1.29, 1.82) is 0 Å². The van der Waals surface area contributed by atoms with E-state index in [-0.39, 0.29) is 16.5 Å². The van der Waals surface area contributed by atoms with Gasteiger partial charge in [-0.25, -0.2) is 0 Å². The zero-order valence-corrected chi connectivity index (χ0v) is 14.1. The topological polar surface area (TPSA) is 127 Å². The second kappa shape index (κ2) is 6.89. The summed E-state index contributed by atoms with van der Waals surface area (Å²) in [4.78, 5) is 3.78.